The van der Waals surface area contributed by atoms with Gasteiger partial charge in [0.05, 0.1) is 5.56 Å². The van der Waals surface area contributed by atoms with Crippen molar-refractivity contribution in [2.75, 3.05) is 0 Å². The van der Waals surface area contributed by atoms with Crippen LogP contribution < -0.4 is 0 Å². The molecule has 1 aromatic carbocycles. The van der Waals surface area contributed by atoms with Crippen LogP contribution in [0.4, 0.5) is 13.2 Å². The number of aryl methyl sites for hydroxylation is 1. The number of hydrogen-bond acceptors (Lipinski definition) is 1. The van der Waals surface area contributed by atoms with Gasteiger partial charge in [-0.3, -0.25) is 4.79 Å². The van der Waals surface area contributed by atoms with Crippen molar-refractivity contribution in [3.05, 3.63) is 34.9 Å². The second-order valence-corrected chi connectivity index (χ2v) is 3.34. The maximum atomic E-state index is 12.3. The van der Waals surface area contributed by atoms with Crippen LogP contribution >= 0.6 is 11.6 Å². The van der Waals surface area contributed by atoms with Crippen LogP contribution in [0.25, 0.3) is 0 Å². The first-order valence-corrected chi connectivity index (χ1v) is 4.64. The number of carbonyl (C=O) groups excluding carboxylic acids is 1. The Labute approximate surface area is 89.9 Å². The van der Waals surface area contributed by atoms with Gasteiger partial charge in [-0.1, -0.05) is 6.92 Å². The van der Waals surface area contributed by atoms with Gasteiger partial charge in [0.25, 0.3) is 5.24 Å². The van der Waals surface area contributed by atoms with Gasteiger partial charge in [0.15, 0.2) is 0 Å². The van der Waals surface area contributed by atoms with Crippen molar-refractivity contribution < 1.29 is 18.0 Å². The number of carbonyl (C=O) groups is 1. The van der Waals surface area contributed by atoms with Crippen molar-refractivity contribution in [2.45, 2.75) is 19.5 Å². The minimum atomic E-state index is -4.39. The summed E-state index contributed by atoms with van der Waals surface area (Å²) in [6.07, 6.45) is -4.06. The van der Waals surface area contributed by atoms with Gasteiger partial charge in [-0.05, 0) is 41.8 Å². The largest absolute Gasteiger partial charge is 0.416 e. The Morgan fingerprint density at radius 2 is 2.00 bits per heavy atom. The first kappa shape index (κ1) is 12.0. The van der Waals surface area contributed by atoms with Crippen LogP contribution in [0.3, 0.4) is 0 Å². The SMILES string of the molecule is CCc1cc(C(F)(F)F)ccc1C(=O)Cl. The molecule has 1 rings (SSSR count). The highest BCUT2D eigenvalue weighted by Crippen LogP contribution is 2.31. The highest BCUT2D eigenvalue weighted by molar-refractivity contribution is 6.67. The van der Waals surface area contributed by atoms with Crippen LogP contribution in [0, 0.1) is 0 Å². The third-order valence-electron chi connectivity index (χ3n) is 2.03. The minimum Gasteiger partial charge on any atom is -0.276 e. The topological polar surface area (TPSA) is 17.1 Å². The summed E-state index contributed by atoms with van der Waals surface area (Å²) in [7, 11) is 0. The van der Waals surface area contributed by atoms with Crippen LogP contribution in [-0.2, 0) is 12.6 Å². The Kier molecular flexibility index (Phi) is 3.39. The van der Waals surface area contributed by atoms with Crippen LogP contribution in [0.1, 0.15) is 28.4 Å². The number of halogens is 4. The summed E-state index contributed by atoms with van der Waals surface area (Å²) >= 11 is 5.23. The highest BCUT2D eigenvalue weighted by Gasteiger charge is 2.31. The maximum absolute atomic E-state index is 12.3. The van der Waals surface area contributed by atoms with Gasteiger partial charge in [-0.2, -0.15) is 13.2 Å². The molecule has 0 radical (unpaired) electrons. The lowest BCUT2D eigenvalue weighted by molar-refractivity contribution is -0.137. The Balaban J connectivity index is 3.25. The molecular formula is C10H8ClF3O. The van der Waals surface area contributed by atoms with E-state index in [4.69, 9.17) is 11.6 Å². The summed E-state index contributed by atoms with van der Waals surface area (Å²) in [5, 5.41) is -0.736. The fourth-order valence-electron chi connectivity index (χ4n) is 1.25. The number of alkyl halides is 3. The highest BCUT2D eigenvalue weighted by atomic mass is 35.5. The second kappa shape index (κ2) is 4.23. The van der Waals surface area contributed by atoms with E-state index in [1.165, 1.54) is 0 Å². The normalized spacial score (nSPS) is 11.5. The van der Waals surface area contributed by atoms with Gasteiger partial charge in [0, 0.05) is 5.56 Å². The molecule has 0 aromatic heterocycles. The van der Waals surface area contributed by atoms with Gasteiger partial charge in [-0.15, -0.1) is 0 Å². The molecule has 0 atom stereocenters. The summed E-state index contributed by atoms with van der Waals surface area (Å²) in [6.45, 7) is 1.67. The average molecular weight is 237 g/mol. The monoisotopic (exact) mass is 236 g/mol. The average Bonchev–Trinajstić information content (AvgIpc) is 2.15. The van der Waals surface area contributed by atoms with E-state index in [0.29, 0.717) is 12.0 Å². The number of rotatable bonds is 2. The molecule has 0 spiro atoms. The quantitative estimate of drug-likeness (QED) is 0.717. The Morgan fingerprint density at radius 3 is 2.40 bits per heavy atom. The van der Waals surface area contributed by atoms with E-state index in [9.17, 15) is 18.0 Å². The van der Waals surface area contributed by atoms with Gasteiger partial charge >= 0.3 is 6.18 Å². The fourth-order valence-corrected chi connectivity index (χ4v) is 1.44. The van der Waals surface area contributed by atoms with E-state index in [1.54, 1.807) is 6.92 Å². The molecule has 0 saturated carbocycles. The molecule has 0 unspecified atom stereocenters. The molecule has 1 nitrogen and oxygen atoms in total. The molecule has 0 aliphatic carbocycles. The smallest absolute Gasteiger partial charge is 0.276 e. The van der Waals surface area contributed by atoms with Gasteiger partial charge in [0.1, 0.15) is 0 Å². The summed E-state index contributed by atoms with van der Waals surface area (Å²) in [5.41, 5.74) is -0.321. The summed E-state index contributed by atoms with van der Waals surface area (Å²) in [5.74, 6) is 0. The van der Waals surface area contributed by atoms with E-state index in [1.807, 2.05) is 0 Å². The minimum absolute atomic E-state index is 0.132. The first-order chi connectivity index (χ1) is 6.86. The van der Waals surface area contributed by atoms with Crippen molar-refractivity contribution in [1.29, 1.82) is 0 Å². The lowest BCUT2D eigenvalue weighted by Crippen LogP contribution is -2.07. The van der Waals surface area contributed by atoms with Crippen molar-refractivity contribution >= 4 is 16.8 Å². The van der Waals surface area contributed by atoms with Gasteiger partial charge < -0.3 is 0 Å². The molecule has 0 saturated heterocycles. The third kappa shape index (κ3) is 2.72. The molecule has 0 bridgehead atoms. The van der Waals surface area contributed by atoms with E-state index in [-0.39, 0.29) is 5.56 Å². The van der Waals surface area contributed by atoms with Crippen molar-refractivity contribution in [3.8, 4) is 0 Å². The van der Waals surface area contributed by atoms with Crippen molar-refractivity contribution in [1.82, 2.24) is 0 Å². The van der Waals surface area contributed by atoms with Crippen LogP contribution in [0.15, 0.2) is 18.2 Å². The van der Waals surface area contributed by atoms with Gasteiger partial charge in [-0.25, -0.2) is 0 Å². The number of benzene rings is 1. The second-order valence-electron chi connectivity index (χ2n) is 3.00. The van der Waals surface area contributed by atoms with Crippen LogP contribution in [0.5, 0.6) is 0 Å². The molecule has 0 heterocycles. The molecule has 0 aliphatic heterocycles. The lowest BCUT2D eigenvalue weighted by Gasteiger charge is -2.10. The molecule has 0 amide bonds. The van der Waals surface area contributed by atoms with E-state index in [0.717, 1.165) is 18.2 Å². The maximum Gasteiger partial charge on any atom is 0.416 e. The molecule has 82 valence electrons. The van der Waals surface area contributed by atoms with Crippen molar-refractivity contribution in [3.63, 3.8) is 0 Å². The van der Waals surface area contributed by atoms with Crippen LogP contribution in [0.2, 0.25) is 0 Å². The fraction of sp³-hybridized carbons (Fsp3) is 0.300. The Hall–Kier alpha value is -1.03. The molecule has 0 aliphatic rings. The summed E-state index contributed by atoms with van der Waals surface area (Å²) in [4.78, 5) is 10.9. The molecule has 0 N–H and O–H groups in total. The van der Waals surface area contributed by atoms with E-state index < -0.39 is 17.0 Å². The predicted octanol–water partition coefficient (Wildman–Crippen LogP) is 3.65. The van der Waals surface area contributed by atoms with Gasteiger partial charge in [0.2, 0.25) is 0 Å². The molecule has 1 aromatic rings. The first-order valence-electron chi connectivity index (χ1n) is 4.26. The lowest BCUT2D eigenvalue weighted by atomic mass is 10.0. The standard InChI is InChI=1S/C10H8ClF3O/c1-2-6-5-7(10(12,13)14)3-4-8(6)9(11)15/h3-5H,2H2,1H3. The molecule has 15 heavy (non-hydrogen) atoms. The zero-order valence-corrected chi connectivity index (χ0v) is 8.62. The summed E-state index contributed by atoms with van der Waals surface area (Å²) in [6, 6.07) is 2.92. The zero-order chi connectivity index (χ0) is 11.6. The third-order valence-corrected chi connectivity index (χ3v) is 2.23. The predicted molar refractivity (Wildman–Crippen MR) is 51.0 cm³/mol. The molecule has 5 heteroatoms. The molecular weight excluding hydrogens is 229 g/mol. The Bertz CT molecular complexity index is 385. The van der Waals surface area contributed by atoms with E-state index >= 15 is 0 Å². The summed E-state index contributed by atoms with van der Waals surface area (Å²) < 4.78 is 37.0. The number of hydrogen-bond donors (Lipinski definition) is 0. The van der Waals surface area contributed by atoms with E-state index in [2.05, 4.69) is 0 Å². The Morgan fingerprint density at radius 1 is 1.40 bits per heavy atom. The van der Waals surface area contributed by atoms with Crippen molar-refractivity contribution in [2.24, 2.45) is 0 Å². The molecule has 0 fully saturated rings. The zero-order valence-electron chi connectivity index (χ0n) is 7.86. The van der Waals surface area contributed by atoms with Crippen LogP contribution in [-0.4, -0.2) is 5.24 Å².